The van der Waals surface area contributed by atoms with Crippen molar-refractivity contribution in [2.45, 2.75) is 32.4 Å². The number of hydrogen-bond acceptors (Lipinski definition) is 3. The summed E-state index contributed by atoms with van der Waals surface area (Å²) in [4.78, 5) is 5.07. The van der Waals surface area contributed by atoms with Gasteiger partial charge in [-0.2, -0.15) is 5.26 Å². The standard InChI is InChI=1S/C28H23N3O.H2/c1-20-6-10-23(11-7-20)28-25(22-12-8-21(18-29)9-13-22)17-27-26(30-28)14-15-31(27)19-24-5-3-2-4-16-32-24;/h6-15,17,24H,4-5,16,19H2,1H3;1H/t24-;/m1./s1. The summed E-state index contributed by atoms with van der Waals surface area (Å²) in [5, 5.41) is 9.20. The van der Waals surface area contributed by atoms with Crippen LogP contribution in [0.1, 0.15) is 25.4 Å². The maximum atomic E-state index is 9.20. The molecule has 3 heterocycles. The average molecular weight is 420 g/mol. The molecule has 158 valence electrons. The Bertz CT molecular complexity index is 1370. The van der Waals surface area contributed by atoms with Gasteiger partial charge in [-0.1, -0.05) is 42.0 Å². The van der Waals surface area contributed by atoms with Gasteiger partial charge in [0.2, 0.25) is 0 Å². The van der Waals surface area contributed by atoms with E-state index in [2.05, 4.69) is 72.0 Å². The van der Waals surface area contributed by atoms with E-state index < -0.39 is 0 Å². The molecule has 2 aromatic carbocycles. The van der Waals surface area contributed by atoms with Crippen molar-refractivity contribution in [1.82, 2.24) is 9.55 Å². The van der Waals surface area contributed by atoms with Gasteiger partial charge in [0.15, 0.2) is 0 Å². The zero-order chi connectivity index (χ0) is 21.9. The highest BCUT2D eigenvalue weighted by Crippen LogP contribution is 2.34. The minimum absolute atomic E-state index is 0. The molecule has 1 aliphatic rings. The Labute approximate surface area is 189 Å². The van der Waals surface area contributed by atoms with Crippen LogP contribution in [0.2, 0.25) is 0 Å². The second-order valence-electron chi connectivity index (χ2n) is 8.11. The van der Waals surface area contributed by atoms with Crippen LogP contribution in [0.3, 0.4) is 0 Å². The molecule has 4 aromatic rings. The quantitative estimate of drug-likeness (QED) is 0.382. The van der Waals surface area contributed by atoms with E-state index in [0.717, 1.165) is 52.8 Å². The van der Waals surface area contributed by atoms with Crippen LogP contribution in [0.15, 0.2) is 66.9 Å². The first-order valence-corrected chi connectivity index (χ1v) is 10.9. The number of aromatic nitrogens is 2. The molecule has 0 aliphatic carbocycles. The van der Waals surface area contributed by atoms with Crippen molar-refractivity contribution in [3.8, 4) is 40.3 Å². The number of aryl methyl sites for hydroxylation is 1. The third-order valence-corrected chi connectivity index (χ3v) is 5.84. The van der Waals surface area contributed by atoms with Gasteiger partial charge < -0.3 is 9.30 Å². The predicted octanol–water partition coefficient (Wildman–Crippen LogP) is 5.98. The molecule has 1 aliphatic heterocycles. The number of fused-ring (bicyclic) bond motifs is 1. The lowest BCUT2D eigenvalue weighted by Gasteiger charge is -2.16. The van der Waals surface area contributed by atoms with E-state index in [0.29, 0.717) is 12.2 Å². The van der Waals surface area contributed by atoms with E-state index in [1.165, 1.54) is 5.56 Å². The monoisotopic (exact) mass is 419 g/mol. The Morgan fingerprint density at radius 3 is 2.66 bits per heavy atom. The number of benzene rings is 2. The van der Waals surface area contributed by atoms with Crippen LogP contribution in [0, 0.1) is 30.1 Å². The third-order valence-electron chi connectivity index (χ3n) is 5.84. The molecule has 2 aromatic heterocycles. The van der Waals surface area contributed by atoms with E-state index in [1.54, 1.807) is 0 Å². The lowest BCUT2D eigenvalue weighted by molar-refractivity contribution is 0.0521. The first-order chi connectivity index (χ1) is 15.7. The predicted molar refractivity (Wildman–Crippen MR) is 129 cm³/mol. The fraction of sp³-hybridized carbons (Fsp3) is 0.214. The van der Waals surface area contributed by atoms with Gasteiger partial charge >= 0.3 is 0 Å². The summed E-state index contributed by atoms with van der Waals surface area (Å²) in [5.74, 6) is 6.35. The summed E-state index contributed by atoms with van der Waals surface area (Å²) in [6.45, 7) is 3.52. The molecule has 0 bridgehead atoms. The van der Waals surface area contributed by atoms with Gasteiger partial charge in [0.25, 0.3) is 0 Å². The summed E-state index contributed by atoms with van der Waals surface area (Å²) in [7, 11) is 0. The van der Waals surface area contributed by atoms with Crippen molar-refractivity contribution in [1.29, 1.82) is 5.26 Å². The Kier molecular flexibility index (Phi) is 5.46. The molecule has 32 heavy (non-hydrogen) atoms. The summed E-state index contributed by atoms with van der Waals surface area (Å²) in [6, 6.07) is 22.6. The molecular formula is C28H25N3O. The highest BCUT2D eigenvalue weighted by molar-refractivity contribution is 5.90. The largest absolute Gasteiger partial charge is 0.374 e. The van der Waals surface area contributed by atoms with E-state index in [9.17, 15) is 5.26 Å². The van der Waals surface area contributed by atoms with Crippen molar-refractivity contribution in [2.75, 3.05) is 6.61 Å². The molecular weight excluding hydrogens is 394 g/mol. The molecule has 0 N–H and O–H groups in total. The van der Waals surface area contributed by atoms with Crippen molar-refractivity contribution >= 4 is 11.0 Å². The van der Waals surface area contributed by atoms with Crippen LogP contribution >= 0.6 is 0 Å². The number of nitriles is 1. The molecule has 0 unspecified atom stereocenters. The number of nitrogens with zero attached hydrogens (tertiary/aromatic N) is 3. The molecule has 0 spiro atoms. The molecule has 1 atom stereocenters. The maximum Gasteiger partial charge on any atom is 0.0991 e. The van der Waals surface area contributed by atoms with Crippen LogP contribution in [-0.2, 0) is 11.3 Å². The molecule has 4 nitrogen and oxygen atoms in total. The van der Waals surface area contributed by atoms with Gasteiger partial charge in [0, 0.05) is 38.1 Å². The highest BCUT2D eigenvalue weighted by atomic mass is 16.5. The van der Waals surface area contributed by atoms with Crippen molar-refractivity contribution in [3.05, 3.63) is 78.0 Å². The summed E-state index contributed by atoms with van der Waals surface area (Å²) < 4.78 is 8.19. The molecule has 0 saturated heterocycles. The molecule has 4 heteroatoms. The Morgan fingerprint density at radius 1 is 1.09 bits per heavy atom. The lowest BCUT2D eigenvalue weighted by atomic mass is 9.97. The highest BCUT2D eigenvalue weighted by Gasteiger charge is 2.16. The second kappa shape index (κ2) is 8.71. The van der Waals surface area contributed by atoms with Gasteiger partial charge in [-0.05, 0) is 36.8 Å². The number of hydrogen-bond donors (Lipinski definition) is 0. The second-order valence-corrected chi connectivity index (χ2v) is 8.11. The van der Waals surface area contributed by atoms with E-state index in [-0.39, 0.29) is 7.53 Å². The maximum absolute atomic E-state index is 9.20. The van der Waals surface area contributed by atoms with Gasteiger partial charge in [0.1, 0.15) is 0 Å². The summed E-state index contributed by atoms with van der Waals surface area (Å²) >= 11 is 0. The molecule has 0 saturated carbocycles. The first-order valence-electron chi connectivity index (χ1n) is 10.9. The zero-order valence-electron chi connectivity index (χ0n) is 18.0. The minimum atomic E-state index is 0. The van der Waals surface area contributed by atoms with Gasteiger partial charge in [-0.3, -0.25) is 0 Å². The van der Waals surface area contributed by atoms with Gasteiger partial charge in [0.05, 0.1) is 41.1 Å². The summed E-state index contributed by atoms with van der Waals surface area (Å²) in [5.41, 5.74) is 8.00. The number of pyridine rings is 1. The smallest absolute Gasteiger partial charge is 0.0991 e. The lowest BCUT2D eigenvalue weighted by Crippen LogP contribution is -2.19. The fourth-order valence-corrected chi connectivity index (χ4v) is 4.09. The van der Waals surface area contributed by atoms with E-state index in [1.807, 2.05) is 24.3 Å². The Morgan fingerprint density at radius 2 is 1.88 bits per heavy atom. The van der Waals surface area contributed by atoms with Gasteiger partial charge in [-0.25, -0.2) is 4.98 Å². The number of rotatable bonds is 4. The van der Waals surface area contributed by atoms with Crippen molar-refractivity contribution in [3.63, 3.8) is 0 Å². The van der Waals surface area contributed by atoms with Crippen molar-refractivity contribution < 1.29 is 6.16 Å². The average Bonchev–Trinajstić information content (AvgIpc) is 3.03. The minimum Gasteiger partial charge on any atom is -0.374 e. The van der Waals surface area contributed by atoms with Crippen molar-refractivity contribution in [2.24, 2.45) is 0 Å². The van der Waals surface area contributed by atoms with Crippen LogP contribution in [-0.4, -0.2) is 22.3 Å². The van der Waals surface area contributed by atoms with E-state index in [4.69, 9.17) is 9.72 Å². The SMILES string of the molecule is Cc1ccc(-c2nc3ccn(C[C@H]4CC#CCCO4)c3cc2-c2ccc(C#N)cc2)cc1.[HH]. The Balaban J connectivity index is 0.00000259. The van der Waals surface area contributed by atoms with Crippen LogP contribution in [0.4, 0.5) is 0 Å². The summed E-state index contributed by atoms with van der Waals surface area (Å²) in [6.07, 6.45) is 3.71. The van der Waals surface area contributed by atoms with E-state index >= 15 is 0 Å². The molecule has 0 amide bonds. The number of ether oxygens (including phenoxy) is 1. The fourth-order valence-electron chi connectivity index (χ4n) is 4.09. The molecule has 5 rings (SSSR count). The zero-order valence-corrected chi connectivity index (χ0v) is 18.0. The first kappa shape index (κ1) is 20.1. The molecule has 0 fully saturated rings. The normalized spacial score (nSPS) is 15.6. The van der Waals surface area contributed by atoms with Crippen LogP contribution in [0.5, 0.6) is 0 Å². The van der Waals surface area contributed by atoms with Crippen LogP contribution < -0.4 is 0 Å². The Hall–Kier alpha value is -3.86. The topological polar surface area (TPSA) is 50.8 Å². The third kappa shape index (κ3) is 4.02. The molecule has 0 radical (unpaired) electrons. The van der Waals surface area contributed by atoms with Crippen LogP contribution in [0.25, 0.3) is 33.4 Å². The van der Waals surface area contributed by atoms with Gasteiger partial charge in [-0.15, -0.1) is 11.8 Å².